The molecule has 2 aliphatic rings. The van der Waals surface area contributed by atoms with Crippen molar-refractivity contribution in [1.82, 2.24) is 20.0 Å². The molecule has 7 heteroatoms. The Balaban J connectivity index is 1.44. The van der Waals surface area contributed by atoms with Crippen LogP contribution < -0.4 is 10.1 Å². The standard InChI is InChI=1S/C26H36N4O3/c1-3-30-20(2)18-22(28-30)25(32)29-15-13-26(14-16-29)12-8-4-5-9-17-33-23-11-7-6-10-21(23)24(31)27-19-26/h6-7,10-11,18H,3-5,8-9,12-17,19H2,1-2H3,(H,27,31). The number of aryl methyl sites for hydroxylation is 2. The first-order valence-corrected chi connectivity index (χ1v) is 12.4. The maximum absolute atomic E-state index is 13.1. The Bertz CT molecular complexity index is 976. The number of benzene rings is 1. The van der Waals surface area contributed by atoms with Crippen molar-refractivity contribution in [1.29, 1.82) is 0 Å². The third-order valence-electron chi connectivity index (χ3n) is 7.23. The summed E-state index contributed by atoms with van der Waals surface area (Å²) in [7, 11) is 0. The molecule has 0 bridgehead atoms. The fourth-order valence-corrected chi connectivity index (χ4v) is 5.08. The molecule has 1 aromatic heterocycles. The maximum atomic E-state index is 13.1. The lowest BCUT2D eigenvalue weighted by Crippen LogP contribution is -2.48. The fourth-order valence-electron chi connectivity index (χ4n) is 5.08. The Labute approximate surface area is 196 Å². The Kier molecular flexibility index (Phi) is 7.36. The van der Waals surface area contributed by atoms with Crippen LogP contribution in [0.1, 0.15) is 78.4 Å². The number of para-hydroxylation sites is 1. The molecule has 0 saturated carbocycles. The van der Waals surface area contributed by atoms with Gasteiger partial charge in [0.05, 0.1) is 12.2 Å². The van der Waals surface area contributed by atoms with Gasteiger partial charge in [-0.1, -0.05) is 31.4 Å². The molecule has 1 saturated heterocycles. The van der Waals surface area contributed by atoms with Gasteiger partial charge in [-0.2, -0.15) is 5.10 Å². The van der Waals surface area contributed by atoms with Gasteiger partial charge in [-0.05, 0) is 63.1 Å². The zero-order valence-corrected chi connectivity index (χ0v) is 19.9. The van der Waals surface area contributed by atoms with Crippen molar-refractivity contribution in [3.63, 3.8) is 0 Å². The van der Waals surface area contributed by atoms with Crippen LogP contribution in [0.3, 0.4) is 0 Å². The number of nitrogens with one attached hydrogen (secondary N) is 1. The minimum atomic E-state index is -0.0803. The number of amides is 2. The van der Waals surface area contributed by atoms with Crippen LogP contribution in [0.4, 0.5) is 0 Å². The van der Waals surface area contributed by atoms with Crippen LogP contribution >= 0.6 is 0 Å². The molecule has 0 unspecified atom stereocenters. The summed E-state index contributed by atoms with van der Waals surface area (Å²) in [5.41, 5.74) is 2.16. The normalized spacial score (nSPS) is 19.5. The molecule has 1 aromatic carbocycles. The van der Waals surface area contributed by atoms with Crippen molar-refractivity contribution in [3.05, 3.63) is 47.3 Å². The number of carbonyl (C=O) groups excluding carboxylic acids is 2. The zero-order chi connectivity index (χ0) is 23.3. The van der Waals surface area contributed by atoms with Gasteiger partial charge in [-0.3, -0.25) is 14.3 Å². The molecule has 33 heavy (non-hydrogen) atoms. The molecule has 2 amide bonds. The van der Waals surface area contributed by atoms with E-state index in [-0.39, 0.29) is 17.2 Å². The molecular weight excluding hydrogens is 416 g/mol. The summed E-state index contributed by atoms with van der Waals surface area (Å²) in [5, 5.41) is 7.67. The molecule has 7 nitrogen and oxygen atoms in total. The minimum absolute atomic E-state index is 0.0138. The highest BCUT2D eigenvalue weighted by Gasteiger charge is 2.36. The first-order chi connectivity index (χ1) is 16.0. The highest BCUT2D eigenvalue weighted by atomic mass is 16.5. The summed E-state index contributed by atoms with van der Waals surface area (Å²) in [6, 6.07) is 9.37. The van der Waals surface area contributed by atoms with E-state index in [2.05, 4.69) is 10.4 Å². The van der Waals surface area contributed by atoms with E-state index in [1.165, 1.54) is 0 Å². The second kappa shape index (κ2) is 10.4. The van der Waals surface area contributed by atoms with Crippen LogP contribution in [0.25, 0.3) is 0 Å². The third kappa shape index (κ3) is 5.40. The van der Waals surface area contributed by atoms with E-state index in [0.717, 1.165) is 57.2 Å². The number of ether oxygens (including phenoxy) is 1. The van der Waals surface area contributed by atoms with Crippen molar-refractivity contribution in [3.8, 4) is 5.75 Å². The summed E-state index contributed by atoms with van der Waals surface area (Å²) in [6.45, 7) is 7.45. The number of hydrogen-bond acceptors (Lipinski definition) is 4. The van der Waals surface area contributed by atoms with Gasteiger partial charge in [-0.25, -0.2) is 0 Å². The lowest BCUT2D eigenvalue weighted by atomic mass is 9.74. The van der Waals surface area contributed by atoms with Gasteiger partial charge in [0.1, 0.15) is 5.75 Å². The Morgan fingerprint density at radius 2 is 1.88 bits per heavy atom. The molecule has 3 heterocycles. The molecule has 0 atom stereocenters. The molecule has 2 aromatic rings. The number of hydrogen-bond donors (Lipinski definition) is 1. The predicted molar refractivity (Wildman–Crippen MR) is 128 cm³/mol. The monoisotopic (exact) mass is 452 g/mol. The minimum Gasteiger partial charge on any atom is -0.493 e. The summed E-state index contributed by atoms with van der Waals surface area (Å²) in [5.74, 6) is 0.591. The van der Waals surface area contributed by atoms with Crippen LogP contribution in [-0.4, -0.2) is 52.7 Å². The number of carbonyl (C=O) groups is 2. The molecule has 1 fully saturated rings. The maximum Gasteiger partial charge on any atom is 0.274 e. The smallest absolute Gasteiger partial charge is 0.274 e. The number of aromatic nitrogens is 2. The summed E-state index contributed by atoms with van der Waals surface area (Å²) >= 11 is 0. The highest BCUT2D eigenvalue weighted by Crippen LogP contribution is 2.37. The van der Waals surface area contributed by atoms with Gasteiger partial charge >= 0.3 is 0 Å². The van der Waals surface area contributed by atoms with Gasteiger partial charge < -0.3 is 15.0 Å². The van der Waals surface area contributed by atoms with Gasteiger partial charge in [0.25, 0.3) is 11.8 Å². The second-order valence-electron chi connectivity index (χ2n) is 9.47. The number of fused-ring (bicyclic) bond motifs is 1. The molecule has 0 radical (unpaired) electrons. The Hall–Kier alpha value is -2.83. The molecule has 0 aliphatic carbocycles. The molecule has 1 spiro atoms. The average Bonchev–Trinajstić information content (AvgIpc) is 3.22. The zero-order valence-electron chi connectivity index (χ0n) is 19.9. The van der Waals surface area contributed by atoms with Crippen molar-refractivity contribution in [2.24, 2.45) is 5.41 Å². The number of rotatable bonds is 2. The fraction of sp³-hybridized carbons (Fsp3) is 0.577. The van der Waals surface area contributed by atoms with E-state index < -0.39 is 0 Å². The summed E-state index contributed by atoms with van der Waals surface area (Å²) in [6.07, 6.45) is 7.28. The van der Waals surface area contributed by atoms with Gasteiger partial charge in [-0.15, -0.1) is 0 Å². The van der Waals surface area contributed by atoms with E-state index in [0.29, 0.717) is 43.2 Å². The Morgan fingerprint density at radius 3 is 2.64 bits per heavy atom. The first-order valence-electron chi connectivity index (χ1n) is 12.4. The highest BCUT2D eigenvalue weighted by molar-refractivity contribution is 5.97. The molecule has 2 aliphatic heterocycles. The van der Waals surface area contributed by atoms with Gasteiger partial charge in [0, 0.05) is 31.9 Å². The average molecular weight is 453 g/mol. The second-order valence-corrected chi connectivity index (χ2v) is 9.47. The van der Waals surface area contributed by atoms with E-state index in [1.807, 2.05) is 53.8 Å². The summed E-state index contributed by atoms with van der Waals surface area (Å²) < 4.78 is 7.76. The van der Waals surface area contributed by atoms with Crippen molar-refractivity contribution in [2.45, 2.75) is 65.3 Å². The first kappa shape index (κ1) is 23.3. The molecule has 1 N–H and O–H groups in total. The van der Waals surface area contributed by atoms with Crippen LogP contribution in [0.5, 0.6) is 5.75 Å². The van der Waals surface area contributed by atoms with Crippen molar-refractivity contribution >= 4 is 11.8 Å². The molecule has 4 rings (SSSR count). The number of nitrogens with zero attached hydrogens (tertiary/aromatic N) is 3. The summed E-state index contributed by atoms with van der Waals surface area (Å²) in [4.78, 5) is 28.0. The molecular formula is C26H36N4O3. The topological polar surface area (TPSA) is 76.5 Å². The van der Waals surface area contributed by atoms with E-state index >= 15 is 0 Å². The van der Waals surface area contributed by atoms with Crippen LogP contribution in [0, 0.1) is 12.3 Å². The quantitative estimate of drug-likeness (QED) is 0.741. The molecule has 178 valence electrons. The number of piperidine rings is 1. The van der Waals surface area contributed by atoms with Gasteiger partial charge in [0.15, 0.2) is 5.69 Å². The lowest BCUT2D eigenvalue weighted by molar-refractivity contribution is 0.0530. The van der Waals surface area contributed by atoms with Crippen LogP contribution in [0.15, 0.2) is 30.3 Å². The van der Waals surface area contributed by atoms with E-state index in [4.69, 9.17) is 4.74 Å². The largest absolute Gasteiger partial charge is 0.493 e. The van der Waals surface area contributed by atoms with Crippen LogP contribution in [-0.2, 0) is 6.54 Å². The predicted octanol–water partition coefficient (Wildman–Crippen LogP) is 4.21. The Morgan fingerprint density at radius 1 is 1.12 bits per heavy atom. The van der Waals surface area contributed by atoms with Crippen LogP contribution in [0.2, 0.25) is 0 Å². The van der Waals surface area contributed by atoms with E-state index in [1.54, 1.807) is 0 Å². The SMILES string of the molecule is CCn1nc(C(=O)N2CCC3(CCCCCCOc4ccccc4C(=O)NC3)CC2)cc1C. The van der Waals surface area contributed by atoms with Crippen molar-refractivity contribution in [2.75, 3.05) is 26.2 Å². The van der Waals surface area contributed by atoms with Gasteiger partial charge in [0.2, 0.25) is 0 Å². The lowest BCUT2D eigenvalue weighted by Gasteiger charge is -2.42. The van der Waals surface area contributed by atoms with E-state index in [9.17, 15) is 9.59 Å². The number of likely N-dealkylation sites (tertiary alicyclic amines) is 1. The third-order valence-corrected chi connectivity index (χ3v) is 7.23. The van der Waals surface area contributed by atoms with Crippen molar-refractivity contribution < 1.29 is 14.3 Å².